The highest BCUT2D eigenvalue weighted by atomic mass is 32.1. The van der Waals surface area contributed by atoms with Crippen molar-refractivity contribution in [1.29, 1.82) is 0 Å². The van der Waals surface area contributed by atoms with Crippen molar-refractivity contribution in [2.24, 2.45) is 17.8 Å². The SMILES string of the molecule is CC[C@H](C)[C@H](NC(=O)[C@H]1CCCCN1C)C(=O)N(Cc1ccccc1)[C@H](C[C@@H](O)c1nc(C(=O)NCC[C@H](C)C(=O)O)cs1)C(C)C. The van der Waals surface area contributed by atoms with E-state index < -0.39 is 36.0 Å². The molecule has 4 N–H and O–H groups in total. The van der Waals surface area contributed by atoms with E-state index in [2.05, 4.69) is 20.5 Å². The third-order valence-electron chi connectivity index (χ3n) is 9.29. The molecule has 3 rings (SSSR count). The van der Waals surface area contributed by atoms with Gasteiger partial charge in [-0.15, -0.1) is 11.3 Å². The summed E-state index contributed by atoms with van der Waals surface area (Å²) < 4.78 is 0. The minimum atomic E-state index is -1.04. The fourth-order valence-electron chi connectivity index (χ4n) is 5.91. The zero-order valence-electron chi connectivity index (χ0n) is 28.6. The van der Waals surface area contributed by atoms with Crippen molar-refractivity contribution >= 4 is 35.0 Å². The van der Waals surface area contributed by atoms with Crippen LogP contribution in [0.15, 0.2) is 35.7 Å². The Morgan fingerprint density at radius 1 is 1.11 bits per heavy atom. The number of aromatic nitrogens is 1. The van der Waals surface area contributed by atoms with Gasteiger partial charge in [-0.1, -0.05) is 77.8 Å². The quantitative estimate of drug-likeness (QED) is 0.192. The second-order valence-corrected chi connectivity index (χ2v) is 14.1. The molecule has 260 valence electrons. The van der Waals surface area contributed by atoms with Crippen LogP contribution in [0.4, 0.5) is 0 Å². The molecule has 1 aromatic carbocycles. The fourth-order valence-corrected chi connectivity index (χ4v) is 6.70. The van der Waals surface area contributed by atoms with E-state index in [1.807, 2.05) is 65.1 Å². The maximum Gasteiger partial charge on any atom is 0.306 e. The minimum absolute atomic E-state index is 0.0472. The molecule has 0 radical (unpaired) electrons. The van der Waals surface area contributed by atoms with Gasteiger partial charge in [0.1, 0.15) is 22.8 Å². The van der Waals surface area contributed by atoms with Crippen LogP contribution in [0.2, 0.25) is 0 Å². The number of hydrogen-bond acceptors (Lipinski definition) is 8. The monoisotopic (exact) mass is 671 g/mol. The van der Waals surface area contributed by atoms with Crippen LogP contribution in [0.3, 0.4) is 0 Å². The summed E-state index contributed by atoms with van der Waals surface area (Å²) in [6.45, 7) is 10.9. The molecule has 1 aliphatic heterocycles. The van der Waals surface area contributed by atoms with Gasteiger partial charge in [0, 0.05) is 30.9 Å². The number of carboxylic acids is 1. The molecular weight excluding hydrogens is 618 g/mol. The number of carbonyl (C=O) groups excluding carboxylic acids is 3. The highest BCUT2D eigenvalue weighted by Gasteiger charge is 2.38. The van der Waals surface area contributed by atoms with E-state index in [9.17, 15) is 24.3 Å². The van der Waals surface area contributed by atoms with Crippen molar-refractivity contribution < 1.29 is 29.4 Å². The van der Waals surface area contributed by atoms with Crippen LogP contribution in [-0.2, 0) is 20.9 Å². The van der Waals surface area contributed by atoms with Crippen molar-refractivity contribution in [3.8, 4) is 0 Å². The molecule has 0 spiro atoms. The lowest BCUT2D eigenvalue weighted by Crippen LogP contribution is -2.58. The zero-order chi connectivity index (χ0) is 34.7. The largest absolute Gasteiger partial charge is 0.481 e. The molecule has 2 aromatic rings. The number of nitrogens with zero attached hydrogens (tertiary/aromatic N) is 3. The molecule has 1 fully saturated rings. The number of carbonyl (C=O) groups is 4. The summed E-state index contributed by atoms with van der Waals surface area (Å²) in [5.41, 5.74) is 1.09. The number of aliphatic carboxylic acids is 1. The van der Waals surface area contributed by atoms with Crippen LogP contribution in [0.5, 0.6) is 0 Å². The first-order chi connectivity index (χ1) is 22.3. The van der Waals surface area contributed by atoms with Crippen molar-refractivity contribution in [1.82, 2.24) is 25.4 Å². The molecule has 1 aromatic heterocycles. The first-order valence-electron chi connectivity index (χ1n) is 16.8. The highest BCUT2D eigenvalue weighted by Crippen LogP contribution is 2.30. The van der Waals surface area contributed by atoms with E-state index in [0.29, 0.717) is 18.0 Å². The average Bonchev–Trinajstić information content (AvgIpc) is 3.55. The van der Waals surface area contributed by atoms with Crippen LogP contribution < -0.4 is 10.6 Å². The number of benzene rings is 1. The van der Waals surface area contributed by atoms with Crippen molar-refractivity contribution in [2.45, 2.75) is 104 Å². The van der Waals surface area contributed by atoms with Crippen LogP contribution in [0.1, 0.15) is 100 Å². The number of hydrogen-bond donors (Lipinski definition) is 4. The third kappa shape index (κ3) is 10.8. The summed E-state index contributed by atoms with van der Waals surface area (Å²) in [6.07, 6.45) is 2.92. The molecule has 1 saturated heterocycles. The molecule has 0 saturated carbocycles. The highest BCUT2D eigenvalue weighted by molar-refractivity contribution is 7.09. The molecule has 2 heterocycles. The van der Waals surface area contributed by atoms with Crippen molar-refractivity contribution in [3.05, 3.63) is 52.0 Å². The number of likely N-dealkylation sites (tertiary alicyclic amines) is 1. The minimum Gasteiger partial charge on any atom is -0.481 e. The van der Waals surface area contributed by atoms with E-state index in [1.165, 1.54) is 11.3 Å². The molecule has 0 aliphatic carbocycles. The van der Waals surface area contributed by atoms with Crippen molar-refractivity contribution in [3.63, 3.8) is 0 Å². The molecule has 1 aliphatic rings. The maximum atomic E-state index is 14.6. The Labute approximate surface area is 283 Å². The number of likely N-dealkylation sites (N-methyl/N-ethyl adjacent to an activating group) is 1. The van der Waals surface area contributed by atoms with Crippen molar-refractivity contribution in [2.75, 3.05) is 20.1 Å². The maximum absolute atomic E-state index is 14.6. The molecule has 11 nitrogen and oxygen atoms in total. The summed E-state index contributed by atoms with van der Waals surface area (Å²) in [4.78, 5) is 60.1. The van der Waals surface area contributed by atoms with Crippen LogP contribution in [0.25, 0.3) is 0 Å². The Kier molecular flexibility index (Phi) is 14.8. The van der Waals surface area contributed by atoms with E-state index in [4.69, 9.17) is 5.11 Å². The summed E-state index contributed by atoms with van der Waals surface area (Å²) in [5.74, 6) is -2.42. The van der Waals surface area contributed by atoms with Gasteiger partial charge in [-0.2, -0.15) is 0 Å². The molecule has 3 amide bonds. The number of thiazole rings is 1. The summed E-state index contributed by atoms with van der Waals surface area (Å²) in [5, 5.41) is 28.3. The summed E-state index contributed by atoms with van der Waals surface area (Å²) >= 11 is 1.17. The topological polar surface area (TPSA) is 152 Å². The number of aliphatic hydroxyl groups excluding tert-OH is 1. The van der Waals surface area contributed by atoms with Gasteiger partial charge >= 0.3 is 5.97 Å². The lowest BCUT2D eigenvalue weighted by Gasteiger charge is -2.40. The van der Waals surface area contributed by atoms with Crippen LogP contribution in [0, 0.1) is 17.8 Å². The van der Waals surface area contributed by atoms with Gasteiger partial charge in [0.25, 0.3) is 5.91 Å². The lowest BCUT2D eigenvalue weighted by molar-refractivity contribution is -0.143. The van der Waals surface area contributed by atoms with E-state index >= 15 is 0 Å². The Bertz CT molecular complexity index is 1320. The predicted octanol–water partition coefficient (Wildman–Crippen LogP) is 4.48. The van der Waals surface area contributed by atoms with Gasteiger partial charge in [-0.05, 0) is 50.3 Å². The molecular formula is C35H53N5O6S. The Morgan fingerprint density at radius 3 is 2.43 bits per heavy atom. The second-order valence-electron chi connectivity index (χ2n) is 13.2. The molecule has 0 bridgehead atoms. The molecule has 47 heavy (non-hydrogen) atoms. The van der Waals surface area contributed by atoms with Gasteiger partial charge in [-0.25, -0.2) is 4.98 Å². The number of rotatable bonds is 17. The fraction of sp³-hybridized carbons (Fsp3) is 0.629. The smallest absolute Gasteiger partial charge is 0.306 e. The second kappa shape index (κ2) is 18.3. The molecule has 12 heteroatoms. The lowest BCUT2D eigenvalue weighted by atomic mass is 9.91. The summed E-state index contributed by atoms with van der Waals surface area (Å²) in [7, 11) is 1.95. The molecule has 0 unspecified atom stereocenters. The van der Waals surface area contributed by atoms with Crippen LogP contribution >= 0.6 is 11.3 Å². The number of carboxylic acid groups (broad SMARTS) is 1. The van der Waals surface area contributed by atoms with E-state index in [-0.39, 0.29) is 54.8 Å². The number of amides is 3. The first-order valence-corrected chi connectivity index (χ1v) is 17.7. The van der Waals surface area contributed by atoms with Gasteiger partial charge in [0.2, 0.25) is 11.8 Å². The Morgan fingerprint density at radius 2 is 1.81 bits per heavy atom. The predicted molar refractivity (Wildman–Crippen MR) is 183 cm³/mol. The number of aliphatic hydroxyl groups is 1. The van der Waals surface area contributed by atoms with Gasteiger partial charge < -0.3 is 25.7 Å². The molecule has 6 atom stereocenters. The standard InChI is InChI=1S/C35H53N5O6S/c1-7-23(4)30(38-32(43)27-15-11-12-18-39(27)6)34(44)40(20-25-13-9-8-10-14-25)28(22(2)3)19-29(41)33-37-26(21-47-33)31(42)36-17-16-24(5)35(45)46/h8-10,13-14,21-24,27-30,41H,7,11-12,15-20H2,1-6H3,(H,36,42)(H,38,43)(H,45,46)/t23-,24-,27+,28+,29+,30-/m0/s1. The van der Waals surface area contributed by atoms with Crippen LogP contribution in [-0.4, -0.2) is 87.0 Å². The normalized spacial score (nSPS) is 18.5. The summed E-state index contributed by atoms with van der Waals surface area (Å²) in [6, 6.07) is 8.29. The van der Waals surface area contributed by atoms with Gasteiger partial charge in [0.05, 0.1) is 12.0 Å². The number of nitrogens with one attached hydrogen (secondary N) is 2. The van der Waals surface area contributed by atoms with Gasteiger partial charge in [-0.3, -0.25) is 24.1 Å². The Hall–Kier alpha value is -3.35. The Balaban J connectivity index is 1.84. The first kappa shape index (κ1) is 38.1. The van der Waals surface area contributed by atoms with E-state index in [0.717, 1.165) is 31.4 Å². The third-order valence-corrected chi connectivity index (χ3v) is 10.2. The number of piperidine rings is 1. The zero-order valence-corrected chi connectivity index (χ0v) is 29.5. The average molecular weight is 672 g/mol. The van der Waals surface area contributed by atoms with Gasteiger partial charge in [0.15, 0.2) is 0 Å². The van der Waals surface area contributed by atoms with E-state index in [1.54, 1.807) is 17.2 Å².